The Morgan fingerprint density at radius 2 is 0.677 bits per heavy atom. The Kier molecular flexibility index (Phi) is 17.7. The van der Waals surface area contributed by atoms with Crippen molar-refractivity contribution in [3.8, 4) is 0 Å². The summed E-state index contributed by atoms with van der Waals surface area (Å²) in [5, 5.41) is 0. The van der Waals surface area contributed by atoms with Gasteiger partial charge < -0.3 is 14.9 Å². The van der Waals surface area contributed by atoms with Crippen molar-refractivity contribution in [2.45, 2.75) is 164 Å². The van der Waals surface area contributed by atoms with E-state index in [1.807, 2.05) is 0 Å². The number of hydrogen-bond acceptors (Lipinski definition) is 0. The quantitative estimate of drug-likeness (QED) is 0.189. The minimum Gasteiger partial charge on any atom is -0.358 e. The SMILES string of the molecule is CC[C@H]1CC[C@H](CC)P1C1CCCC1.CC[C@H]1CC[C@H](CC)P1C1CCCC1.[CH3-].[CH3-].[Fe+2]. The molecule has 0 unspecified atom stereocenters. The molecule has 2 aliphatic heterocycles. The van der Waals surface area contributed by atoms with E-state index in [1.165, 1.54) is 62.7 Å². The third-order valence-electron chi connectivity index (χ3n) is 8.73. The zero-order valence-corrected chi connectivity index (χ0v) is 24.9. The topological polar surface area (TPSA) is 0 Å². The molecule has 4 rings (SSSR count). The molecule has 0 aromatic carbocycles. The summed E-state index contributed by atoms with van der Waals surface area (Å²) in [6, 6.07) is 0. The van der Waals surface area contributed by atoms with Gasteiger partial charge in [-0.1, -0.05) is 69.2 Å². The summed E-state index contributed by atoms with van der Waals surface area (Å²) < 4.78 is 0. The molecular weight excluding hydrogens is 454 g/mol. The molecule has 0 amide bonds. The fraction of sp³-hybridized carbons (Fsp3) is 0.929. The molecule has 4 aliphatic rings. The number of rotatable bonds is 6. The van der Waals surface area contributed by atoms with E-state index in [0.717, 1.165) is 22.6 Å². The van der Waals surface area contributed by atoms with E-state index in [2.05, 4.69) is 27.7 Å². The average molecular weight is 511 g/mol. The fourth-order valence-corrected chi connectivity index (χ4v) is 16.2. The molecule has 2 saturated carbocycles. The van der Waals surface area contributed by atoms with Gasteiger partial charge in [-0.3, -0.25) is 0 Å². The molecule has 0 bridgehead atoms. The van der Waals surface area contributed by atoms with Crippen molar-refractivity contribution in [1.29, 1.82) is 0 Å². The molecule has 0 spiro atoms. The number of hydrogen-bond donors (Lipinski definition) is 0. The first-order chi connectivity index (χ1) is 13.7. The summed E-state index contributed by atoms with van der Waals surface area (Å²) in [6.45, 7) is 9.69. The van der Waals surface area contributed by atoms with E-state index in [9.17, 15) is 0 Å². The fourth-order valence-electron chi connectivity index (χ4n) is 7.22. The van der Waals surface area contributed by atoms with Crippen molar-refractivity contribution < 1.29 is 17.1 Å². The zero-order chi connectivity index (χ0) is 19.9. The van der Waals surface area contributed by atoms with Gasteiger partial charge in [0.15, 0.2) is 0 Å². The molecule has 186 valence electrons. The van der Waals surface area contributed by atoms with Gasteiger partial charge in [0.25, 0.3) is 0 Å². The van der Waals surface area contributed by atoms with Gasteiger partial charge in [-0.25, -0.2) is 0 Å². The van der Waals surface area contributed by atoms with Gasteiger partial charge in [0.2, 0.25) is 0 Å². The van der Waals surface area contributed by atoms with Gasteiger partial charge in [0, 0.05) is 0 Å². The second-order valence-corrected chi connectivity index (χ2v) is 16.3. The molecule has 0 aromatic rings. The minimum absolute atomic E-state index is 0. The minimum atomic E-state index is 0. The Balaban J connectivity index is 0.000000529. The van der Waals surface area contributed by atoms with Crippen LogP contribution in [0.1, 0.15) is 130 Å². The molecular formula is C28H56FeP2. The first-order valence-corrected chi connectivity index (χ1v) is 16.4. The maximum atomic E-state index is 2.42. The van der Waals surface area contributed by atoms with Gasteiger partial charge in [0.1, 0.15) is 0 Å². The molecule has 2 heterocycles. The van der Waals surface area contributed by atoms with Crippen LogP contribution in [0.5, 0.6) is 0 Å². The van der Waals surface area contributed by atoms with Gasteiger partial charge in [-0.05, 0) is 111 Å². The first-order valence-electron chi connectivity index (χ1n) is 13.3. The van der Waals surface area contributed by atoms with Crippen molar-refractivity contribution in [1.82, 2.24) is 0 Å². The van der Waals surface area contributed by atoms with Crippen LogP contribution >= 0.6 is 15.8 Å². The van der Waals surface area contributed by atoms with E-state index < -0.39 is 0 Å². The van der Waals surface area contributed by atoms with Gasteiger partial charge >= 0.3 is 17.1 Å². The normalized spacial score (nSPS) is 32.1. The summed E-state index contributed by atoms with van der Waals surface area (Å²) in [4.78, 5) is 0. The van der Waals surface area contributed by atoms with Crippen LogP contribution in [0.15, 0.2) is 0 Å². The van der Waals surface area contributed by atoms with Crippen molar-refractivity contribution in [3.05, 3.63) is 14.9 Å². The smallest absolute Gasteiger partial charge is 0.358 e. The van der Waals surface area contributed by atoms with Crippen LogP contribution in [0.3, 0.4) is 0 Å². The standard InChI is InChI=1S/2C13H25P.2CH3.Fe/c2*1-3-11-9-10-12(4-2)14(11)13-7-5-6-8-13;;;/h2*11-13H,3-10H2,1-2H3;2*1H3;/q;;2*-1;+2/t2*11-,12-;;;/m00.../s1. The van der Waals surface area contributed by atoms with Crippen molar-refractivity contribution in [2.75, 3.05) is 0 Å². The molecule has 0 aromatic heterocycles. The summed E-state index contributed by atoms with van der Waals surface area (Å²) in [6.07, 6.45) is 24.6. The van der Waals surface area contributed by atoms with E-state index in [-0.39, 0.29) is 31.9 Å². The van der Waals surface area contributed by atoms with E-state index in [0.29, 0.717) is 15.8 Å². The summed E-state index contributed by atoms with van der Waals surface area (Å²) in [5.74, 6) is 0. The van der Waals surface area contributed by atoms with Crippen LogP contribution < -0.4 is 0 Å². The summed E-state index contributed by atoms with van der Waals surface area (Å²) in [7, 11) is 0.853. The molecule has 0 nitrogen and oxygen atoms in total. The van der Waals surface area contributed by atoms with E-state index >= 15 is 0 Å². The molecule has 2 aliphatic carbocycles. The van der Waals surface area contributed by atoms with E-state index in [4.69, 9.17) is 0 Å². The van der Waals surface area contributed by atoms with Crippen LogP contribution in [0, 0.1) is 14.9 Å². The van der Waals surface area contributed by atoms with Crippen molar-refractivity contribution in [3.63, 3.8) is 0 Å². The van der Waals surface area contributed by atoms with Crippen molar-refractivity contribution in [2.24, 2.45) is 0 Å². The second kappa shape index (κ2) is 16.9. The summed E-state index contributed by atoms with van der Waals surface area (Å²) in [5.41, 5.74) is 6.97. The van der Waals surface area contributed by atoms with Crippen LogP contribution in [-0.4, -0.2) is 34.0 Å². The maximum absolute atomic E-state index is 2.42. The average Bonchev–Trinajstić information content (AvgIpc) is 3.52. The zero-order valence-electron chi connectivity index (χ0n) is 22.0. The largest absolute Gasteiger partial charge is 2.00 e. The van der Waals surface area contributed by atoms with Gasteiger partial charge in [-0.2, -0.15) is 0 Å². The molecule has 3 heteroatoms. The van der Waals surface area contributed by atoms with Crippen LogP contribution in [-0.2, 0) is 17.1 Å². The molecule has 0 N–H and O–H groups in total. The Morgan fingerprint density at radius 3 is 0.871 bits per heavy atom. The Morgan fingerprint density at radius 1 is 0.452 bits per heavy atom. The van der Waals surface area contributed by atoms with E-state index in [1.54, 1.807) is 51.4 Å². The van der Waals surface area contributed by atoms with Crippen LogP contribution in [0.25, 0.3) is 0 Å². The van der Waals surface area contributed by atoms with Gasteiger partial charge in [-0.15, -0.1) is 0 Å². The maximum Gasteiger partial charge on any atom is 2.00 e. The van der Waals surface area contributed by atoms with Crippen LogP contribution in [0.2, 0.25) is 0 Å². The first kappa shape index (κ1) is 32.4. The Labute approximate surface area is 211 Å². The Hall–Kier alpha value is 1.38. The van der Waals surface area contributed by atoms with Gasteiger partial charge in [0.05, 0.1) is 0 Å². The third kappa shape index (κ3) is 8.23. The molecule has 0 radical (unpaired) electrons. The second-order valence-electron chi connectivity index (χ2n) is 10.2. The molecule has 4 fully saturated rings. The third-order valence-corrected chi connectivity index (χ3v) is 17.3. The summed E-state index contributed by atoms with van der Waals surface area (Å²) >= 11 is 0. The Bertz CT molecular complexity index is 367. The molecule has 4 atom stereocenters. The molecule has 31 heavy (non-hydrogen) atoms. The molecule has 2 saturated heterocycles. The predicted molar refractivity (Wildman–Crippen MR) is 146 cm³/mol. The monoisotopic (exact) mass is 510 g/mol. The van der Waals surface area contributed by atoms with Crippen LogP contribution in [0.4, 0.5) is 0 Å². The van der Waals surface area contributed by atoms with Crippen molar-refractivity contribution >= 4 is 15.8 Å². The predicted octanol–water partition coefficient (Wildman–Crippen LogP) is 10.4.